The zero-order valence-corrected chi connectivity index (χ0v) is 16.2. The second kappa shape index (κ2) is 6.82. The molecule has 3 atom stereocenters. The predicted molar refractivity (Wildman–Crippen MR) is 109 cm³/mol. The van der Waals surface area contributed by atoms with Gasteiger partial charge in [0.05, 0.1) is 17.4 Å². The molecular weight excluding hydrogens is 359 g/mol. The second-order valence-electron chi connectivity index (χ2n) is 7.54. The Labute approximate surface area is 163 Å². The first-order valence-corrected chi connectivity index (χ1v) is 10.5. The van der Waals surface area contributed by atoms with Gasteiger partial charge in [0.2, 0.25) is 0 Å². The van der Waals surface area contributed by atoms with E-state index < -0.39 is 0 Å². The minimum Gasteiger partial charge on any atom is -0.369 e. The zero-order valence-electron chi connectivity index (χ0n) is 15.4. The number of rotatable bonds is 3. The summed E-state index contributed by atoms with van der Waals surface area (Å²) < 4.78 is 15.0. The molecule has 1 aromatic heterocycles. The molecule has 6 heteroatoms. The molecule has 2 aromatic rings. The number of benzene rings is 1. The number of thioether (sulfide) groups is 1. The van der Waals surface area contributed by atoms with E-state index in [0.29, 0.717) is 5.25 Å². The standard InChI is InChI=1S/C21H23FN4S/c1-14-13-26-20(19(24-21(26)27-14)17-6-2-3-9-23-17)15-7-8-18(16(22)12-15)25-10-4-5-11-25/h2-3,6-9,12,14,19-20H,4-5,10-11,13H2,1H3/t14-,19+,20-/m0/s1. The van der Waals surface area contributed by atoms with Crippen molar-refractivity contribution >= 4 is 22.6 Å². The van der Waals surface area contributed by atoms with E-state index in [1.165, 1.54) is 0 Å². The largest absolute Gasteiger partial charge is 0.369 e. The van der Waals surface area contributed by atoms with Crippen LogP contribution in [0.1, 0.15) is 43.1 Å². The van der Waals surface area contributed by atoms with Crippen molar-refractivity contribution in [1.82, 2.24) is 9.88 Å². The lowest BCUT2D eigenvalue weighted by Gasteiger charge is -2.28. The smallest absolute Gasteiger partial charge is 0.160 e. The molecule has 4 heterocycles. The molecule has 0 aliphatic carbocycles. The molecule has 140 valence electrons. The van der Waals surface area contributed by atoms with Crippen LogP contribution in [0.15, 0.2) is 47.6 Å². The Morgan fingerprint density at radius 1 is 1.15 bits per heavy atom. The van der Waals surface area contributed by atoms with Crippen molar-refractivity contribution < 1.29 is 4.39 Å². The molecular formula is C21H23FN4S. The van der Waals surface area contributed by atoms with Gasteiger partial charge in [0.15, 0.2) is 5.17 Å². The molecule has 3 aliphatic rings. The van der Waals surface area contributed by atoms with Gasteiger partial charge >= 0.3 is 0 Å². The average molecular weight is 383 g/mol. The second-order valence-corrected chi connectivity index (χ2v) is 8.95. The van der Waals surface area contributed by atoms with Crippen molar-refractivity contribution in [3.8, 4) is 0 Å². The molecule has 0 amide bonds. The Balaban J connectivity index is 1.52. The summed E-state index contributed by atoms with van der Waals surface area (Å²) in [5.41, 5.74) is 2.66. The molecule has 5 rings (SSSR count). The lowest BCUT2D eigenvalue weighted by atomic mass is 9.96. The van der Waals surface area contributed by atoms with Gasteiger partial charge in [-0.25, -0.2) is 4.39 Å². The van der Waals surface area contributed by atoms with Crippen molar-refractivity contribution in [1.29, 1.82) is 0 Å². The van der Waals surface area contributed by atoms with Gasteiger partial charge in [0.25, 0.3) is 0 Å². The first-order valence-electron chi connectivity index (χ1n) is 9.67. The highest BCUT2D eigenvalue weighted by molar-refractivity contribution is 8.14. The molecule has 2 saturated heterocycles. The number of pyridine rings is 1. The number of amidine groups is 1. The number of aromatic nitrogens is 1. The SMILES string of the molecule is C[C@H]1CN2C(=N[C@H](c3ccccn3)[C@@H]2c2ccc(N3CCCC3)c(F)c2)S1. The molecule has 0 N–H and O–H groups in total. The number of aliphatic imine (C=N–C) groups is 1. The van der Waals surface area contributed by atoms with Crippen LogP contribution in [0.4, 0.5) is 10.1 Å². The van der Waals surface area contributed by atoms with Crippen LogP contribution in [0.25, 0.3) is 0 Å². The van der Waals surface area contributed by atoms with Crippen LogP contribution in [0.2, 0.25) is 0 Å². The van der Waals surface area contributed by atoms with Crippen molar-refractivity contribution in [2.45, 2.75) is 37.1 Å². The van der Waals surface area contributed by atoms with Gasteiger partial charge in [-0.3, -0.25) is 9.98 Å². The fourth-order valence-corrected chi connectivity index (χ4v) is 5.49. The molecule has 27 heavy (non-hydrogen) atoms. The van der Waals surface area contributed by atoms with Crippen LogP contribution in [-0.4, -0.2) is 39.9 Å². The van der Waals surface area contributed by atoms with Gasteiger partial charge < -0.3 is 9.80 Å². The summed E-state index contributed by atoms with van der Waals surface area (Å²) in [7, 11) is 0. The van der Waals surface area contributed by atoms with Gasteiger partial charge in [-0.1, -0.05) is 30.8 Å². The monoisotopic (exact) mass is 382 g/mol. The lowest BCUT2D eigenvalue weighted by molar-refractivity contribution is 0.320. The van der Waals surface area contributed by atoms with Gasteiger partial charge in [-0.2, -0.15) is 0 Å². The maximum Gasteiger partial charge on any atom is 0.160 e. The summed E-state index contributed by atoms with van der Waals surface area (Å²) in [6.07, 6.45) is 4.10. The number of hydrogen-bond donors (Lipinski definition) is 0. The third-order valence-electron chi connectivity index (χ3n) is 5.64. The maximum atomic E-state index is 15.0. The molecule has 1 aromatic carbocycles. The average Bonchev–Trinajstić information content (AvgIpc) is 3.38. The van der Waals surface area contributed by atoms with Crippen molar-refractivity contribution in [3.63, 3.8) is 0 Å². The fraction of sp³-hybridized carbons (Fsp3) is 0.429. The Morgan fingerprint density at radius 3 is 2.74 bits per heavy atom. The summed E-state index contributed by atoms with van der Waals surface area (Å²) in [4.78, 5) is 14.0. The molecule has 4 nitrogen and oxygen atoms in total. The quantitative estimate of drug-likeness (QED) is 0.787. The summed E-state index contributed by atoms with van der Waals surface area (Å²) >= 11 is 1.81. The highest BCUT2D eigenvalue weighted by Gasteiger charge is 2.43. The van der Waals surface area contributed by atoms with E-state index in [9.17, 15) is 4.39 Å². The minimum absolute atomic E-state index is 0.00878. The number of fused-ring (bicyclic) bond motifs is 1. The van der Waals surface area contributed by atoms with E-state index in [4.69, 9.17) is 4.99 Å². The molecule has 0 radical (unpaired) electrons. The number of halogens is 1. The number of nitrogens with zero attached hydrogens (tertiary/aromatic N) is 4. The zero-order chi connectivity index (χ0) is 18.4. The summed E-state index contributed by atoms with van der Waals surface area (Å²) in [5, 5.41) is 1.57. The van der Waals surface area contributed by atoms with Crippen LogP contribution in [0.3, 0.4) is 0 Å². The Hall–Kier alpha value is -2.08. The Morgan fingerprint density at radius 2 is 2.00 bits per heavy atom. The predicted octanol–water partition coefficient (Wildman–Crippen LogP) is 4.41. The van der Waals surface area contributed by atoms with E-state index >= 15 is 0 Å². The minimum atomic E-state index is -0.123. The maximum absolute atomic E-state index is 15.0. The normalized spacial score (nSPS) is 27.2. The summed E-state index contributed by atoms with van der Waals surface area (Å²) in [5.74, 6) is -0.123. The van der Waals surface area contributed by atoms with Crippen molar-refractivity contribution in [2.75, 3.05) is 24.5 Å². The molecule has 0 spiro atoms. The van der Waals surface area contributed by atoms with E-state index in [1.807, 2.05) is 30.5 Å². The molecule has 0 saturated carbocycles. The van der Waals surface area contributed by atoms with E-state index in [0.717, 1.165) is 54.6 Å². The first kappa shape index (κ1) is 17.0. The highest BCUT2D eigenvalue weighted by Crippen LogP contribution is 2.47. The van der Waals surface area contributed by atoms with Gasteiger partial charge in [0, 0.05) is 31.1 Å². The molecule has 3 aliphatic heterocycles. The number of hydrogen-bond acceptors (Lipinski definition) is 5. The topological polar surface area (TPSA) is 31.7 Å². The highest BCUT2D eigenvalue weighted by atomic mass is 32.2. The molecule has 2 fully saturated rings. The van der Waals surface area contributed by atoms with Crippen LogP contribution in [0, 0.1) is 5.82 Å². The van der Waals surface area contributed by atoms with E-state index in [2.05, 4.69) is 27.8 Å². The number of anilines is 1. The van der Waals surface area contributed by atoms with Gasteiger partial charge in [0.1, 0.15) is 11.9 Å². The van der Waals surface area contributed by atoms with Gasteiger partial charge in [-0.05, 0) is 42.7 Å². The summed E-state index contributed by atoms with van der Waals surface area (Å²) in [6.45, 7) is 5.05. The van der Waals surface area contributed by atoms with Crippen molar-refractivity contribution in [3.05, 3.63) is 59.7 Å². The fourth-order valence-electron chi connectivity index (χ4n) is 4.40. The Bertz CT molecular complexity index is 866. The van der Waals surface area contributed by atoms with E-state index in [-0.39, 0.29) is 17.9 Å². The van der Waals surface area contributed by atoms with Crippen LogP contribution in [-0.2, 0) is 0 Å². The molecule has 0 unspecified atom stereocenters. The lowest BCUT2D eigenvalue weighted by Crippen LogP contribution is -2.29. The van der Waals surface area contributed by atoms with Crippen LogP contribution >= 0.6 is 11.8 Å². The van der Waals surface area contributed by atoms with Crippen LogP contribution < -0.4 is 4.90 Å². The third-order valence-corrected chi connectivity index (χ3v) is 6.74. The van der Waals surface area contributed by atoms with Crippen LogP contribution in [0.5, 0.6) is 0 Å². The van der Waals surface area contributed by atoms with Gasteiger partial charge in [-0.15, -0.1) is 0 Å². The first-order chi connectivity index (χ1) is 13.2. The van der Waals surface area contributed by atoms with Crippen molar-refractivity contribution in [2.24, 2.45) is 4.99 Å². The summed E-state index contributed by atoms with van der Waals surface area (Å²) in [6, 6.07) is 11.6. The third kappa shape index (κ3) is 3.00. The van der Waals surface area contributed by atoms with E-state index in [1.54, 1.807) is 17.8 Å². The Kier molecular flexibility index (Phi) is 4.31. The molecule has 0 bridgehead atoms.